The van der Waals surface area contributed by atoms with Crippen molar-refractivity contribution in [2.75, 3.05) is 26.2 Å². The number of piperidine rings is 1. The van der Waals surface area contributed by atoms with Gasteiger partial charge in [-0.15, -0.1) is 0 Å². The van der Waals surface area contributed by atoms with E-state index in [1.807, 2.05) is 21.9 Å². The van der Waals surface area contributed by atoms with Gasteiger partial charge in [-0.2, -0.15) is 0 Å². The van der Waals surface area contributed by atoms with Crippen molar-refractivity contribution in [3.8, 4) is 0 Å². The summed E-state index contributed by atoms with van der Waals surface area (Å²) in [6, 6.07) is 3.86. The SMILES string of the molecule is CC(=O)N1CCC(C(=O)N2CCC(c3nc4ncccc4[nH]3)C2)CC1. The molecule has 4 heterocycles. The summed E-state index contributed by atoms with van der Waals surface area (Å²) in [6.07, 6.45) is 4.21. The Morgan fingerprint density at radius 2 is 1.92 bits per heavy atom. The van der Waals surface area contributed by atoms with Crippen LogP contribution in [0, 0.1) is 5.92 Å². The van der Waals surface area contributed by atoms with E-state index in [1.54, 1.807) is 13.1 Å². The highest BCUT2D eigenvalue weighted by Gasteiger charge is 2.34. The number of pyridine rings is 1. The molecule has 0 saturated carbocycles. The minimum atomic E-state index is 0.0479. The fraction of sp³-hybridized carbons (Fsp3) is 0.556. The molecule has 2 aromatic rings. The number of nitrogens with one attached hydrogen (secondary N) is 1. The molecule has 2 aliphatic rings. The summed E-state index contributed by atoms with van der Waals surface area (Å²) in [5.74, 6) is 1.56. The summed E-state index contributed by atoms with van der Waals surface area (Å²) in [7, 11) is 0. The van der Waals surface area contributed by atoms with Gasteiger partial charge >= 0.3 is 0 Å². The fourth-order valence-corrected chi connectivity index (χ4v) is 3.94. The number of carbonyl (C=O) groups is 2. The molecular formula is C18H23N5O2. The number of hydrogen-bond donors (Lipinski definition) is 1. The quantitative estimate of drug-likeness (QED) is 0.898. The van der Waals surface area contributed by atoms with Crippen molar-refractivity contribution in [2.45, 2.75) is 32.1 Å². The van der Waals surface area contributed by atoms with Crippen LogP contribution in [0.15, 0.2) is 18.3 Å². The molecule has 1 atom stereocenters. The maximum absolute atomic E-state index is 12.8. The van der Waals surface area contributed by atoms with Gasteiger partial charge in [-0.25, -0.2) is 9.97 Å². The van der Waals surface area contributed by atoms with Crippen LogP contribution >= 0.6 is 0 Å². The molecule has 0 bridgehead atoms. The molecule has 2 aromatic heterocycles. The lowest BCUT2D eigenvalue weighted by Crippen LogP contribution is -2.43. The molecule has 2 fully saturated rings. The second kappa shape index (κ2) is 6.46. The first kappa shape index (κ1) is 16.1. The van der Waals surface area contributed by atoms with Gasteiger partial charge in [0.1, 0.15) is 5.82 Å². The van der Waals surface area contributed by atoms with Crippen molar-refractivity contribution in [3.05, 3.63) is 24.2 Å². The summed E-state index contributed by atoms with van der Waals surface area (Å²) in [5.41, 5.74) is 1.68. The van der Waals surface area contributed by atoms with Gasteiger partial charge < -0.3 is 14.8 Å². The van der Waals surface area contributed by atoms with E-state index in [0.29, 0.717) is 19.6 Å². The number of fused-ring (bicyclic) bond motifs is 1. The number of amides is 2. The second-order valence-electron chi connectivity index (χ2n) is 7.05. The molecule has 1 N–H and O–H groups in total. The molecular weight excluding hydrogens is 318 g/mol. The third-order valence-electron chi connectivity index (χ3n) is 5.45. The molecule has 7 nitrogen and oxygen atoms in total. The topological polar surface area (TPSA) is 82.2 Å². The first-order chi connectivity index (χ1) is 12.1. The zero-order valence-corrected chi connectivity index (χ0v) is 14.4. The summed E-state index contributed by atoms with van der Waals surface area (Å²) < 4.78 is 0. The maximum atomic E-state index is 12.8. The van der Waals surface area contributed by atoms with Crippen LogP contribution in [0.25, 0.3) is 11.2 Å². The van der Waals surface area contributed by atoms with E-state index in [1.165, 1.54) is 0 Å². The Kier molecular flexibility index (Phi) is 4.15. The molecule has 132 valence electrons. The van der Waals surface area contributed by atoms with Crippen molar-refractivity contribution in [2.24, 2.45) is 5.92 Å². The summed E-state index contributed by atoms with van der Waals surface area (Å²) >= 11 is 0. The van der Waals surface area contributed by atoms with Crippen molar-refractivity contribution < 1.29 is 9.59 Å². The van der Waals surface area contributed by atoms with Crippen LogP contribution in [0.1, 0.15) is 37.9 Å². The fourth-order valence-electron chi connectivity index (χ4n) is 3.94. The molecule has 0 radical (unpaired) electrons. The molecule has 2 amide bonds. The monoisotopic (exact) mass is 341 g/mol. The van der Waals surface area contributed by atoms with Crippen LogP contribution in [-0.4, -0.2) is 62.7 Å². The highest BCUT2D eigenvalue weighted by molar-refractivity contribution is 5.80. The summed E-state index contributed by atoms with van der Waals surface area (Å²) in [5, 5.41) is 0. The molecule has 0 aliphatic carbocycles. The minimum absolute atomic E-state index is 0.0479. The molecule has 0 spiro atoms. The zero-order chi connectivity index (χ0) is 17.4. The Balaban J connectivity index is 1.39. The molecule has 1 unspecified atom stereocenters. The Morgan fingerprint density at radius 3 is 2.64 bits per heavy atom. The van der Waals surface area contributed by atoms with Gasteiger partial charge in [0.25, 0.3) is 0 Å². The average molecular weight is 341 g/mol. The number of H-pyrrole nitrogens is 1. The van der Waals surface area contributed by atoms with Crippen molar-refractivity contribution in [3.63, 3.8) is 0 Å². The van der Waals surface area contributed by atoms with Gasteiger partial charge in [0, 0.05) is 51.1 Å². The molecule has 0 aromatic carbocycles. The standard InChI is InChI=1S/C18H23N5O2/c1-12(24)22-8-4-13(5-9-22)18(25)23-10-6-14(11-23)16-20-15-3-2-7-19-17(15)21-16/h2-3,7,13-14H,4-6,8-11H2,1H3,(H,19,20,21). The number of aromatic amines is 1. The van der Waals surface area contributed by atoms with Crippen LogP contribution in [0.3, 0.4) is 0 Å². The van der Waals surface area contributed by atoms with Gasteiger partial charge in [-0.3, -0.25) is 9.59 Å². The van der Waals surface area contributed by atoms with Crippen LogP contribution in [0.2, 0.25) is 0 Å². The zero-order valence-electron chi connectivity index (χ0n) is 14.4. The Hall–Kier alpha value is -2.44. The van der Waals surface area contributed by atoms with E-state index in [-0.39, 0.29) is 23.7 Å². The minimum Gasteiger partial charge on any atom is -0.343 e. The Labute approximate surface area is 146 Å². The smallest absolute Gasteiger partial charge is 0.225 e. The van der Waals surface area contributed by atoms with E-state index in [4.69, 9.17) is 0 Å². The van der Waals surface area contributed by atoms with Crippen LogP contribution in [0.4, 0.5) is 0 Å². The number of hydrogen-bond acceptors (Lipinski definition) is 4. The average Bonchev–Trinajstić information content (AvgIpc) is 3.27. The van der Waals surface area contributed by atoms with Crippen LogP contribution in [-0.2, 0) is 9.59 Å². The van der Waals surface area contributed by atoms with Gasteiger partial charge in [-0.1, -0.05) is 0 Å². The molecule has 7 heteroatoms. The first-order valence-electron chi connectivity index (χ1n) is 8.97. The number of aromatic nitrogens is 3. The number of imidazole rings is 1. The third-order valence-corrected chi connectivity index (χ3v) is 5.45. The molecule has 25 heavy (non-hydrogen) atoms. The molecule has 4 rings (SSSR count). The van der Waals surface area contributed by atoms with Gasteiger partial charge in [0.15, 0.2) is 5.65 Å². The molecule has 2 saturated heterocycles. The number of nitrogens with zero attached hydrogens (tertiary/aromatic N) is 4. The van der Waals surface area contributed by atoms with Crippen LogP contribution < -0.4 is 0 Å². The first-order valence-corrected chi connectivity index (χ1v) is 8.97. The van der Waals surface area contributed by atoms with E-state index in [0.717, 1.165) is 42.8 Å². The number of likely N-dealkylation sites (tertiary alicyclic amines) is 2. The van der Waals surface area contributed by atoms with E-state index in [9.17, 15) is 9.59 Å². The lowest BCUT2D eigenvalue weighted by molar-refractivity contribution is -0.139. The van der Waals surface area contributed by atoms with E-state index >= 15 is 0 Å². The highest BCUT2D eigenvalue weighted by Crippen LogP contribution is 2.29. The van der Waals surface area contributed by atoms with Crippen LogP contribution in [0.5, 0.6) is 0 Å². The largest absolute Gasteiger partial charge is 0.343 e. The third kappa shape index (κ3) is 3.10. The van der Waals surface area contributed by atoms with Gasteiger partial charge in [-0.05, 0) is 31.4 Å². The predicted molar refractivity (Wildman–Crippen MR) is 92.8 cm³/mol. The van der Waals surface area contributed by atoms with Crippen molar-refractivity contribution in [1.29, 1.82) is 0 Å². The van der Waals surface area contributed by atoms with E-state index in [2.05, 4.69) is 15.0 Å². The Bertz CT molecular complexity index is 761. The summed E-state index contributed by atoms with van der Waals surface area (Å²) in [4.78, 5) is 40.2. The number of rotatable bonds is 2. The normalized spacial score (nSPS) is 21.9. The molecule has 2 aliphatic heterocycles. The van der Waals surface area contributed by atoms with Crippen molar-refractivity contribution >= 4 is 23.0 Å². The predicted octanol–water partition coefficient (Wildman–Crippen LogP) is 1.53. The van der Waals surface area contributed by atoms with E-state index < -0.39 is 0 Å². The van der Waals surface area contributed by atoms with Crippen molar-refractivity contribution in [1.82, 2.24) is 24.8 Å². The summed E-state index contributed by atoms with van der Waals surface area (Å²) in [6.45, 7) is 4.47. The highest BCUT2D eigenvalue weighted by atomic mass is 16.2. The lowest BCUT2D eigenvalue weighted by atomic mass is 9.95. The van der Waals surface area contributed by atoms with Gasteiger partial charge in [0.05, 0.1) is 5.52 Å². The second-order valence-corrected chi connectivity index (χ2v) is 7.05. The maximum Gasteiger partial charge on any atom is 0.225 e. The lowest BCUT2D eigenvalue weighted by Gasteiger charge is -2.32. The number of carbonyl (C=O) groups excluding carboxylic acids is 2. The van der Waals surface area contributed by atoms with Gasteiger partial charge in [0.2, 0.25) is 11.8 Å². The Morgan fingerprint density at radius 1 is 1.16 bits per heavy atom.